The fraction of sp³-hybridized carbons (Fsp3) is 0. The van der Waals surface area contributed by atoms with Crippen molar-refractivity contribution in [1.82, 2.24) is 4.98 Å². The van der Waals surface area contributed by atoms with E-state index in [-0.39, 0.29) is 5.82 Å². The van der Waals surface area contributed by atoms with E-state index >= 15 is 0 Å². The van der Waals surface area contributed by atoms with Gasteiger partial charge in [-0.05, 0) is 6.07 Å². The van der Waals surface area contributed by atoms with Gasteiger partial charge in [0.2, 0.25) is 0 Å². The summed E-state index contributed by atoms with van der Waals surface area (Å²) in [5.74, 6) is -0.203. The standard InChI is InChI=1S/C5H4FN2/c6-4-1-2-5(7)8-3-4/h1,3H,(H2,7,8). The lowest BCUT2D eigenvalue weighted by atomic mass is 10.5. The van der Waals surface area contributed by atoms with E-state index in [2.05, 4.69) is 11.1 Å². The Balaban J connectivity index is 3.03. The second-order valence-electron chi connectivity index (χ2n) is 1.32. The average molecular weight is 111 g/mol. The molecule has 0 aliphatic rings. The van der Waals surface area contributed by atoms with Gasteiger partial charge in [-0.15, -0.1) is 0 Å². The van der Waals surface area contributed by atoms with Crippen LogP contribution in [0, 0.1) is 11.9 Å². The topological polar surface area (TPSA) is 38.9 Å². The maximum atomic E-state index is 11.9. The van der Waals surface area contributed by atoms with Crippen molar-refractivity contribution in [1.29, 1.82) is 0 Å². The maximum Gasteiger partial charge on any atom is 0.142 e. The summed E-state index contributed by atoms with van der Waals surface area (Å²) in [6, 6.07) is 3.53. The predicted molar refractivity (Wildman–Crippen MR) is 27.4 cm³/mol. The minimum atomic E-state index is -0.417. The van der Waals surface area contributed by atoms with E-state index in [4.69, 9.17) is 5.73 Å². The summed E-state index contributed by atoms with van der Waals surface area (Å²) in [5, 5.41) is 0. The monoisotopic (exact) mass is 111 g/mol. The van der Waals surface area contributed by atoms with Crippen LogP contribution in [0.4, 0.5) is 10.2 Å². The zero-order valence-corrected chi connectivity index (χ0v) is 4.06. The van der Waals surface area contributed by atoms with Gasteiger partial charge in [0.15, 0.2) is 0 Å². The largest absolute Gasteiger partial charge is 0.383 e. The number of nitrogen functional groups attached to an aromatic ring is 1. The average Bonchev–Trinajstić information content (AvgIpc) is 1.77. The van der Waals surface area contributed by atoms with Gasteiger partial charge in [-0.1, -0.05) is 0 Å². The molecule has 0 atom stereocenters. The van der Waals surface area contributed by atoms with Crippen LogP contribution in [-0.2, 0) is 0 Å². The third-order valence-corrected chi connectivity index (χ3v) is 0.685. The van der Waals surface area contributed by atoms with Crippen LogP contribution < -0.4 is 5.73 Å². The maximum absolute atomic E-state index is 11.9. The molecule has 3 heteroatoms. The highest BCUT2D eigenvalue weighted by Crippen LogP contribution is 1.95. The Morgan fingerprint density at radius 2 is 2.50 bits per heavy atom. The molecular formula is C5H4FN2. The fourth-order valence-electron chi connectivity index (χ4n) is 0.349. The van der Waals surface area contributed by atoms with Crippen molar-refractivity contribution >= 4 is 5.82 Å². The van der Waals surface area contributed by atoms with E-state index in [1.807, 2.05) is 0 Å². The highest BCUT2D eigenvalue weighted by Gasteiger charge is 1.86. The SMILES string of the molecule is Nc1[c]cc(F)cn1. The molecule has 1 rings (SSSR count). The number of hydrogen-bond donors (Lipinski definition) is 1. The Hall–Kier alpha value is -1.12. The van der Waals surface area contributed by atoms with Crippen molar-refractivity contribution < 1.29 is 4.39 Å². The van der Waals surface area contributed by atoms with Gasteiger partial charge < -0.3 is 5.73 Å². The van der Waals surface area contributed by atoms with Crippen molar-refractivity contribution in [3.8, 4) is 0 Å². The Morgan fingerprint density at radius 1 is 1.75 bits per heavy atom. The molecule has 0 aliphatic heterocycles. The Morgan fingerprint density at radius 3 is 2.88 bits per heavy atom. The summed E-state index contributed by atoms with van der Waals surface area (Å²) in [7, 11) is 0. The molecule has 2 N–H and O–H groups in total. The molecule has 0 bridgehead atoms. The number of anilines is 1. The van der Waals surface area contributed by atoms with Crippen LogP contribution in [-0.4, -0.2) is 4.98 Å². The summed E-state index contributed by atoms with van der Waals surface area (Å²) in [6.45, 7) is 0. The van der Waals surface area contributed by atoms with Crippen molar-refractivity contribution in [2.24, 2.45) is 0 Å². The molecule has 0 unspecified atom stereocenters. The van der Waals surface area contributed by atoms with Crippen LogP contribution in [0.1, 0.15) is 0 Å². The molecule has 1 heterocycles. The number of nitrogens with two attached hydrogens (primary N) is 1. The second-order valence-corrected chi connectivity index (χ2v) is 1.32. The fourth-order valence-corrected chi connectivity index (χ4v) is 0.349. The van der Waals surface area contributed by atoms with Crippen LogP contribution in [0.15, 0.2) is 12.3 Å². The lowest BCUT2D eigenvalue weighted by molar-refractivity contribution is 0.621. The normalized spacial score (nSPS) is 9.12. The molecule has 0 fully saturated rings. The van der Waals surface area contributed by atoms with Crippen LogP contribution in [0.25, 0.3) is 0 Å². The minimum Gasteiger partial charge on any atom is -0.383 e. The number of hydrogen-bond acceptors (Lipinski definition) is 2. The van der Waals surface area contributed by atoms with Crippen LogP contribution in [0.2, 0.25) is 0 Å². The lowest BCUT2D eigenvalue weighted by Crippen LogP contribution is -1.88. The number of pyridine rings is 1. The number of nitrogens with zero attached hydrogens (tertiary/aromatic N) is 1. The molecule has 1 aromatic heterocycles. The first-order valence-corrected chi connectivity index (χ1v) is 2.08. The summed E-state index contributed by atoms with van der Waals surface area (Å²) in [4.78, 5) is 3.43. The molecule has 0 aliphatic carbocycles. The van der Waals surface area contributed by atoms with Gasteiger partial charge in [-0.2, -0.15) is 0 Å². The van der Waals surface area contributed by atoms with Gasteiger partial charge in [-0.25, -0.2) is 9.37 Å². The third kappa shape index (κ3) is 0.932. The third-order valence-electron chi connectivity index (χ3n) is 0.685. The van der Waals surface area contributed by atoms with Crippen molar-refractivity contribution in [2.45, 2.75) is 0 Å². The summed E-state index contributed by atoms with van der Waals surface area (Å²) in [6.07, 6.45) is 1.05. The lowest BCUT2D eigenvalue weighted by Gasteiger charge is -1.85. The molecule has 0 amide bonds. The van der Waals surface area contributed by atoms with Crippen molar-refractivity contribution in [3.63, 3.8) is 0 Å². The van der Waals surface area contributed by atoms with Crippen molar-refractivity contribution in [3.05, 3.63) is 24.1 Å². The molecule has 2 nitrogen and oxygen atoms in total. The summed E-state index contributed by atoms with van der Waals surface area (Å²) in [5.41, 5.74) is 5.09. The molecule has 0 saturated carbocycles. The first-order valence-electron chi connectivity index (χ1n) is 2.08. The Kier molecular flexibility index (Phi) is 1.12. The van der Waals surface area contributed by atoms with Crippen LogP contribution in [0.3, 0.4) is 0 Å². The predicted octanol–water partition coefficient (Wildman–Crippen LogP) is 0.603. The zero-order valence-electron chi connectivity index (χ0n) is 4.06. The van der Waals surface area contributed by atoms with Crippen LogP contribution >= 0.6 is 0 Å². The molecule has 41 valence electrons. The number of halogens is 1. The van der Waals surface area contributed by atoms with Gasteiger partial charge in [0, 0.05) is 6.07 Å². The van der Waals surface area contributed by atoms with Gasteiger partial charge >= 0.3 is 0 Å². The molecule has 0 aromatic carbocycles. The zero-order chi connectivity index (χ0) is 5.98. The Bertz CT molecular complexity index is 149. The first-order chi connectivity index (χ1) is 3.79. The molecule has 8 heavy (non-hydrogen) atoms. The first kappa shape index (κ1) is 5.03. The molecule has 0 spiro atoms. The minimum absolute atomic E-state index is 0.214. The summed E-state index contributed by atoms with van der Waals surface area (Å²) < 4.78 is 11.9. The van der Waals surface area contributed by atoms with Gasteiger partial charge in [0.05, 0.1) is 6.20 Å². The number of aromatic nitrogens is 1. The molecular weight excluding hydrogens is 107 g/mol. The van der Waals surface area contributed by atoms with E-state index in [0.29, 0.717) is 0 Å². The van der Waals surface area contributed by atoms with Crippen molar-refractivity contribution in [2.75, 3.05) is 5.73 Å². The molecule has 1 aromatic rings. The Labute approximate surface area is 46.2 Å². The second kappa shape index (κ2) is 1.78. The van der Waals surface area contributed by atoms with Gasteiger partial charge in [0.1, 0.15) is 11.6 Å². The van der Waals surface area contributed by atoms with Crippen LogP contribution in [0.5, 0.6) is 0 Å². The van der Waals surface area contributed by atoms with E-state index < -0.39 is 5.82 Å². The highest BCUT2D eigenvalue weighted by molar-refractivity contribution is 5.23. The summed E-state index contributed by atoms with van der Waals surface area (Å²) >= 11 is 0. The highest BCUT2D eigenvalue weighted by atomic mass is 19.1. The van der Waals surface area contributed by atoms with Gasteiger partial charge in [0.25, 0.3) is 0 Å². The molecule has 1 radical (unpaired) electrons. The molecule has 0 saturated heterocycles. The number of rotatable bonds is 0. The van der Waals surface area contributed by atoms with E-state index in [1.165, 1.54) is 0 Å². The smallest absolute Gasteiger partial charge is 0.142 e. The van der Waals surface area contributed by atoms with E-state index in [9.17, 15) is 4.39 Å². The van der Waals surface area contributed by atoms with E-state index in [1.54, 1.807) is 0 Å². The van der Waals surface area contributed by atoms with E-state index in [0.717, 1.165) is 12.3 Å². The quantitative estimate of drug-likeness (QED) is 0.532. The van der Waals surface area contributed by atoms with Gasteiger partial charge in [-0.3, -0.25) is 0 Å².